The second-order valence-corrected chi connectivity index (χ2v) is 5.99. The average Bonchev–Trinajstić information content (AvgIpc) is 2.41. The molecule has 0 unspecified atom stereocenters. The predicted molar refractivity (Wildman–Crippen MR) is 72.9 cm³/mol. The largest absolute Gasteiger partial charge is 0.492 e. The first-order chi connectivity index (χ1) is 9.15. The Labute approximate surface area is 114 Å². The van der Waals surface area contributed by atoms with Crippen molar-refractivity contribution in [3.05, 3.63) is 34.4 Å². The molecule has 104 valence electrons. The normalized spacial score (nSPS) is 17.3. The Bertz CT molecular complexity index is 471. The summed E-state index contributed by atoms with van der Waals surface area (Å²) in [6.07, 6.45) is 0. The van der Waals surface area contributed by atoms with E-state index in [4.69, 9.17) is 4.74 Å². The van der Waals surface area contributed by atoms with Gasteiger partial charge in [0.15, 0.2) is 0 Å². The van der Waals surface area contributed by atoms with Gasteiger partial charge in [-0.3, -0.25) is 19.2 Å². The summed E-state index contributed by atoms with van der Waals surface area (Å²) in [6.45, 7) is 2.88. The first-order valence-corrected chi connectivity index (χ1v) is 7.58. The highest BCUT2D eigenvalue weighted by molar-refractivity contribution is 7.85. The second kappa shape index (κ2) is 6.63. The van der Waals surface area contributed by atoms with Crippen molar-refractivity contribution in [3.63, 3.8) is 0 Å². The molecule has 1 saturated heterocycles. The SMILES string of the molecule is O=[N+]([O-])c1cccc(OCCN2CCS(=O)CC2)c1. The van der Waals surface area contributed by atoms with Crippen molar-refractivity contribution in [2.75, 3.05) is 37.7 Å². The molecule has 0 bridgehead atoms. The van der Waals surface area contributed by atoms with Gasteiger partial charge in [-0.15, -0.1) is 0 Å². The Morgan fingerprint density at radius 3 is 2.79 bits per heavy atom. The number of nitrogens with zero attached hydrogens (tertiary/aromatic N) is 2. The Kier molecular flexibility index (Phi) is 4.86. The Morgan fingerprint density at radius 1 is 1.37 bits per heavy atom. The lowest BCUT2D eigenvalue weighted by molar-refractivity contribution is -0.384. The van der Waals surface area contributed by atoms with Gasteiger partial charge in [0.2, 0.25) is 0 Å². The number of hydrogen-bond acceptors (Lipinski definition) is 5. The molecule has 0 aromatic heterocycles. The molecule has 1 aromatic rings. The van der Waals surface area contributed by atoms with Crippen LogP contribution in [0.3, 0.4) is 0 Å². The molecule has 7 heteroatoms. The zero-order valence-corrected chi connectivity index (χ0v) is 11.3. The molecule has 0 atom stereocenters. The minimum Gasteiger partial charge on any atom is -0.492 e. The van der Waals surface area contributed by atoms with Gasteiger partial charge in [0.1, 0.15) is 12.4 Å². The van der Waals surface area contributed by atoms with Crippen molar-refractivity contribution in [1.29, 1.82) is 0 Å². The predicted octanol–water partition coefficient (Wildman–Crippen LogP) is 1.04. The van der Waals surface area contributed by atoms with Gasteiger partial charge in [0.25, 0.3) is 5.69 Å². The van der Waals surface area contributed by atoms with E-state index in [9.17, 15) is 14.3 Å². The minimum absolute atomic E-state index is 0.0332. The molecule has 0 N–H and O–H groups in total. The Balaban J connectivity index is 1.78. The van der Waals surface area contributed by atoms with Crippen LogP contribution in [0.15, 0.2) is 24.3 Å². The number of rotatable bonds is 5. The van der Waals surface area contributed by atoms with Crippen LogP contribution in [0.2, 0.25) is 0 Å². The fourth-order valence-corrected chi connectivity index (χ4v) is 3.01. The molecule has 0 spiro atoms. The van der Waals surface area contributed by atoms with E-state index in [-0.39, 0.29) is 5.69 Å². The molecule has 1 heterocycles. The maximum atomic E-state index is 11.2. The first kappa shape index (κ1) is 14.0. The van der Waals surface area contributed by atoms with E-state index in [0.29, 0.717) is 12.4 Å². The number of hydrogen-bond donors (Lipinski definition) is 0. The van der Waals surface area contributed by atoms with Gasteiger partial charge in [-0.25, -0.2) is 0 Å². The quantitative estimate of drug-likeness (QED) is 0.596. The number of ether oxygens (including phenoxy) is 1. The molecule has 0 aliphatic carbocycles. The van der Waals surface area contributed by atoms with E-state index in [1.54, 1.807) is 12.1 Å². The average molecular weight is 284 g/mol. The second-order valence-electron chi connectivity index (χ2n) is 4.29. The third-order valence-electron chi connectivity index (χ3n) is 2.98. The summed E-state index contributed by atoms with van der Waals surface area (Å²) in [5.74, 6) is 1.95. The summed E-state index contributed by atoms with van der Waals surface area (Å²) in [6, 6.07) is 6.17. The molecule has 6 nitrogen and oxygen atoms in total. The van der Waals surface area contributed by atoms with E-state index in [0.717, 1.165) is 31.1 Å². The van der Waals surface area contributed by atoms with Crippen LogP contribution in [-0.2, 0) is 10.8 Å². The van der Waals surface area contributed by atoms with Crippen molar-refractivity contribution < 1.29 is 13.9 Å². The number of nitro benzene ring substituents is 1. The van der Waals surface area contributed by atoms with Crippen LogP contribution in [0.1, 0.15) is 0 Å². The maximum Gasteiger partial charge on any atom is 0.273 e. The van der Waals surface area contributed by atoms with E-state index < -0.39 is 15.7 Å². The van der Waals surface area contributed by atoms with Crippen LogP contribution in [0.25, 0.3) is 0 Å². The zero-order valence-electron chi connectivity index (χ0n) is 10.5. The molecule has 1 aliphatic rings. The van der Waals surface area contributed by atoms with Crippen LogP contribution < -0.4 is 4.74 Å². The smallest absolute Gasteiger partial charge is 0.273 e. The molecular weight excluding hydrogens is 268 g/mol. The van der Waals surface area contributed by atoms with Crippen LogP contribution in [-0.4, -0.2) is 51.8 Å². The summed E-state index contributed by atoms with van der Waals surface area (Å²) in [4.78, 5) is 12.4. The van der Waals surface area contributed by atoms with Crippen molar-refractivity contribution in [2.45, 2.75) is 0 Å². The molecule has 0 saturated carbocycles. The third kappa shape index (κ3) is 4.29. The van der Waals surface area contributed by atoms with Crippen LogP contribution >= 0.6 is 0 Å². The standard InChI is InChI=1S/C12H16N2O4S/c15-14(16)11-2-1-3-12(10-11)18-7-4-13-5-8-19(17)9-6-13/h1-3,10H,4-9H2. The molecule has 1 fully saturated rings. The maximum absolute atomic E-state index is 11.2. The first-order valence-electron chi connectivity index (χ1n) is 6.10. The van der Waals surface area contributed by atoms with Crippen LogP contribution in [0, 0.1) is 10.1 Å². The Hall–Kier alpha value is -1.47. The van der Waals surface area contributed by atoms with Gasteiger partial charge >= 0.3 is 0 Å². The summed E-state index contributed by atoms with van der Waals surface area (Å²) < 4.78 is 16.7. The lowest BCUT2D eigenvalue weighted by Crippen LogP contribution is -2.39. The highest BCUT2D eigenvalue weighted by atomic mass is 32.2. The van der Waals surface area contributed by atoms with Crippen molar-refractivity contribution in [3.8, 4) is 5.75 Å². The highest BCUT2D eigenvalue weighted by Gasteiger charge is 2.14. The minimum atomic E-state index is -0.668. The van der Waals surface area contributed by atoms with Crippen LogP contribution in [0.5, 0.6) is 5.75 Å². The fraction of sp³-hybridized carbons (Fsp3) is 0.500. The molecule has 19 heavy (non-hydrogen) atoms. The van der Waals surface area contributed by atoms with Crippen molar-refractivity contribution in [2.24, 2.45) is 0 Å². The van der Waals surface area contributed by atoms with Crippen molar-refractivity contribution >= 4 is 16.5 Å². The molecule has 1 aromatic carbocycles. The van der Waals surface area contributed by atoms with Crippen LogP contribution in [0.4, 0.5) is 5.69 Å². The zero-order chi connectivity index (χ0) is 13.7. The lowest BCUT2D eigenvalue weighted by Gasteiger charge is -2.25. The van der Waals surface area contributed by atoms with Gasteiger partial charge in [-0.05, 0) is 6.07 Å². The van der Waals surface area contributed by atoms with E-state index in [2.05, 4.69) is 4.90 Å². The summed E-state index contributed by atoms with van der Waals surface area (Å²) in [7, 11) is -0.668. The third-order valence-corrected chi connectivity index (χ3v) is 4.25. The van der Waals surface area contributed by atoms with E-state index in [1.165, 1.54) is 12.1 Å². The Morgan fingerprint density at radius 2 is 2.11 bits per heavy atom. The van der Waals surface area contributed by atoms with Crippen molar-refractivity contribution in [1.82, 2.24) is 4.90 Å². The lowest BCUT2D eigenvalue weighted by atomic mass is 10.3. The monoisotopic (exact) mass is 284 g/mol. The van der Waals surface area contributed by atoms with Gasteiger partial charge in [-0.1, -0.05) is 6.07 Å². The van der Waals surface area contributed by atoms with Gasteiger partial charge < -0.3 is 4.74 Å². The summed E-state index contributed by atoms with van der Waals surface area (Å²) in [5, 5.41) is 10.6. The van der Waals surface area contributed by atoms with Gasteiger partial charge in [-0.2, -0.15) is 0 Å². The molecule has 0 amide bonds. The molecule has 2 rings (SSSR count). The van der Waals surface area contributed by atoms with Gasteiger partial charge in [0.05, 0.1) is 11.0 Å². The highest BCUT2D eigenvalue weighted by Crippen LogP contribution is 2.18. The molecule has 1 aliphatic heterocycles. The number of non-ortho nitro benzene ring substituents is 1. The van der Waals surface area contributed by atoms with Gasteiger partial charge in [0, 0.05) is 48.0 Å². The van der Waals surface area contributed by atoms with E-state index >= 15 is 0 Å². The topological polar surface area (TPSA) is 72.7 Å². The number of nitro groups is 1. The summed E-state index contributed by atoms with van der Waals surface area (Å²) in [5.41, 5.74) is 0.0332. The molecular formula is C12H16N2O4S. The number of benzene rings is 1. The molecule has 0 radical (unpaired) electrons. The summed E-state index contributed by atoms with van der Waals surface area (Å²) >= 11 is 0. The fourth-order valence-electron chi connectivity index (χ4n) is 1.88. The van der Waals surface area contributed by atoms with E-state index in [1.807, 2.05) is 0 Å².